The lowest BCUT2D eigenvalue weighted by Gasteiger charge is -2.47. The van der Waals surface area contributed by atoms with Gasteiger partial charge in [0, 0.05) is 43.0 Å². The van der Waals surface area contributed by atoms with Crippen LogP contribution in [0.3, 0.4) is 0 Å². The van der Waals surface area contributed by atoms with E-state index in [2.05, 4.69) is 4.98 Å². The number of fused-ring (bicyclic) bond motifs is 1. The fraction of sp³-hybridized carbons (Fsp3) is 0.514. The summed E-state index contributed by atoms with van der Waals surface area (Å²) in [5, 5.41) is 0.487. The number of amidine groups is 1. The summed E-state index contributed by atoms with van der Waals surface area (Å²) in [7, 11) is 0. The topological polar surface area (TPSA) is 89.4 Å². The molecule has 1 saturated carbocycles. The maximum absolute atomic E-state index is 15.3. The highest BCUT2D eigenvalue weighted by atomic mass is 35.5. The second-order valence-electron chi connectivity index (χ2n) is 14.8. The van der Waals surface area contributed by atoms with Crippen LogP contribution in [-0.4, -0.2) is 96.8 Å². The largest absolute Gasteiger partial charge is 0.471 e. The van der Waals surface area contributed by atoms with E-state index in [0.717, 1.165) is 21.6 Å². The van der Waals surface area contributed by atoms with E-state index in [9.17, 15) is 27.6 Å². The summed E-state index contributed by atoms with van der Waals surface area (Å²) >= 11 is 13.1. The highest BCUT2D eigenvalue weighted by molar-refractivity contribution is 8.18. The average molecular weight is 804 g/mol. The molecule has 18 heteroatoms. The summed E-state index contributed by atoms with van der Waals surface area (Å²) in [6.45, 7) is 5.14. The molecule has 0 unspecified atom stereocenters. The maximum Gasteiger partial charge on any atom is 0.471 e. The third-order valence-electron chi connectivity index (χ3n) is 10.8. The molecule has 5 heterocycles. The van der Waals surface area contributed by atoms with E-state index < -0.39 is 90.3 Å². The van der Waals surface area contributed by atoms with Gasteiger partial charge in [-0.25, -0.2) is 23.1 Å². The summed E-state index contributed by atoms with van der Waals surface area (Å²) in [5.41, 5.74) is -0.827. The number of rotatable bonds is 5. The predicted octanol–water partition coefficient (Wildman–Crippen LogP) is 7.16. The summed E-state index contributed by atoms with van der Waals surface area (Å²) in [5.74, 6) is -8.18. The number of thioether (sulfide) groups is 1. The van der Waals surface area contributed by atoms with E-state index in [1.165, 1.54) is 24.0 Å². The van der Waals surface area contributed by atoms with Crippen molar-refractivity contribution in [2.24, 2.45) is 10.9 Å². The van der Waals surface area contributed by atoms with Crippen LogP contribution in [0.2, 0.25) is 10.2 Å². The molecule has 2 aromatic rings. The van der Waals surface area contributed by atoms with E-state index >= 15 is 13.2 Å². The normalized spacial score (nSPS) is 27.6. The maximum atomic E-state index is 15.3. The Hall–Kier alpha value is -3.50. The molecule has 53 heavy (non-hydrogen) atoms. The molecular formula is C35H34Cl2F6N6O3S. The van der Waals surface area contributed by atoms with Crippen molar-refractivity contribution >= 4 is 57.9 Å². The number of benzene rings is 1. The predicted molar refractivity (Wildman–Crippen MR) is 185 cm³/mol. The van der Waals surface area contributed by atoms with E-state index in [-0.39, 0.29) is 34.5 Å². The van der Waals surface area contributed by atoms with E-state index in [1.54, 1.807) is 29.3 Å². The number of hydrogen-bond donors (Lipinski definition) is 0. The minimum absolute atomic E-state index is 0.0669. The molecule has 3 fully saturated rings. The Bertz CT molecular complexity index is 1960. The molecule has 0 radical (unpaired) electrons. The summed E-state index contributed by atoms with van der Waals surface area (Å²) in [4.78, 5) is 54.9. The number of piperazine rings is 1. The Morgan fingerprint density at radius 3 is 2.32 bits per heavy atom. The zero-order chi connectivity index (χ0) is 38.6. The van der Waals surface area contributed by atoms with Gasteiger partial charge in [0.05, 0.1) is 23.1 Å². The molecule has 4 atom stereocenters. The Morgan fingerprint density at radius 1 is 1.04 bits per heavy atom. The number of halogens is 8. The molecule has 4 aliphatic heterocycles. The van der Waals surface area contributed by atoms with Crippen molar-refractivity contribution in [1.82, 2.24) is 24.6 Å². The summed E-state index contributed by atoms with van der Waals surface area (Å²) in [6, 6.07) is 4.36. The number of likely N-dealkylation sites (tertiary alicyclic amines) is 1. The molecule has 284 valence electrons. The van der Waals surface area contributed by atoms with Crippen LogP contribution in [0, 0.1) is 11.7 Å². The van der Waals surface area contributed by atoms with Crippen LogP contribution in [0.15, 0.2) is 52.1 Å². The van der Waals surface area contributed by atoms with Gasteiger partial charge >= 0.3 is 12.1 Å². The van der Waals surface area contributed by atoms with E-state index in [1.807, 2.05) is 20.8 Å². The lowest BCUT2D eigenvalue weighted by atomic mass is 9.81. The van der Waals surface area contributed by atoms with Crippen molar-refractivity contribution in [1.29, 1.82) is 0 Å². The Kier molecular flexibility index (Phi) is 9.12. The minimum Gasteiger partial charge on any atom is -0.334 e. The third-order valence-corrected chi connectivity index (χ3v) is 12.3. The monoisotopic (exact) mass is 802 g/mol. The van der Waals surface area contributed by atoms with Gasteiger partial charge in [-0.2, -0.15) is 13.2 Å². The molecule has 1 aliphatic carbocycles. The molecule has 3 amide bonds. The van der Waals surface area contributed by atoms with Gasteiger partial charge in [0.15, 0.2) is 5.17 Å². The van der Waals surface area contributed by atoms with Gasteiger partial charge < -0.3 is 19.6 Å². The van der Waals surface area contributed by atoms with Crippen LogP contribution >= 0.6 is 35.0 Å². The zero-order valence-corrected chi connectivity index (χ0v) is 31.2. The number of allylic oxidation sites excluding steroid dienone is 1. The molecule has 7 rings (SSSR count). The number of alkyl halides is 5. The average Bonchev–Trinajstić information content (AvgIpc) is 3.50. The fourth-order valence-electron chi connectivity index (χ4n) is 8.00. The highest BCUT2D eigenvalue weighted by Gasteiger charge is 2.62. The number of amides is 3. The quantitative estimate of drug-likeness (QED) is 0.236. The molecule has 5 aliphatic rings. The number of carbonyl (C=O) groups excluding carboxylic acids is 3. The van der Waals surface area contributed by atoms with E-state index in [4.69, 9.17) is 28.2 Å². The van der Waals surface area contributed by atoms with Crippen molar-refractivity contribution in [2.75, 3.05) is 19.6 Å². The third kappa shape index (κ3) is 6.35. The number of hydrogen-bond acceptors (Lipinski definition) is 7. The summed E-state index contributed by atoms with van der Waals surface area (Å²) < 4.78 is 85.9. The lowest BCUT2D eigenvalue weighted by molar-refractivity contribution is -0.193. The zero-order valence-electron chi connectivity index (χ0n) is 28.9. The van der Waals surface area contributed by atoms with E-state index in [0.29, 0.717) is 22.0 Å². The lowest BCUT2D eigenvalue weighted by Crippen LogP contribution is -2.65. The molecule has 2 saturated heterocycles. The number of nitrogens with zero attached hydrogens (tertiary/aromatic N) is 6. The van der Waals surface area contributed by atoms with Crippen molar-refractivity contribution in [3.05, 3.63) is 74.3 Å². The number of aromatic nitrogens is 1. The first-order valence-electron chi connectivity index (χ1n) is 16.9. The minimum atomic E-state index is -5.11. The van der Waals surface area contributed by atoms with Crippen LogP contribution in [-0.2, 0) is 19.9 Å². The first-order chi connectivity index (χ1) is 24.7. The molecule has 1 aromatic carbocycles. The Balaban J connectivity index is 1.24. The number of carbonyl (C=O) groups is 3. The van der Waals surface area contributed by atoms with Crippen LogP contribution in [0.25, 0.3) is 0 Å². The van der Waals surface area contributed by atoms with Crippen molar-refractivity contribution in [2.45, 2.75) is 88.3 Å². The van der Waals surface area contributed by atoms with Gasteiger partial charge in [-0.15, -0.1) is 0 Å². The molecule has 1 spiro atoms. The van der Waals surface area contributed by atoms with Crippen LogP contribution in [0.5, 0.6) is 0 Å². The molecule has 0 N–H and O–H groups in total. The first-order valence-corrected chi connectivity index (χ1v) is 18.5. The molecular weight excluding hydrogens is 769 g/mol. The van der Waals surface area contributed by atoms with Gasteiger partial charge in [0.25, 0.3) is 11.8 Å². The molecule has 1 aromatic heterocycles. The second kappa shape index (κ2) is 12.8. The fourth-order valence-corrected chi connectivity index (χ4v) is 9.59. The Labute approximate surface area is 315 Å². The molecule has 9 nitrogen and oxygen atoms in total. The van der Waals surface area contributed by atoms with Gasteiger partial charge in [-0.3, -0.25) is 14.4 Å². The van der Waals surface area contributed by atoms with Crippen LogP contribution in [0.4, 0.5) is 26.3 Å². The smallest absolute Gasteiger partial charge is 0.334 e. The number of aliphatic imine (C=N–C) groups is 1. The highest BCUT2D eigenvalue weighted by Crippen LogP contribution is 2.57. The van der Waals surface area contributed by atoms with Gasteiger partial charge in [-0.05, 0) is 68.1 Å². The van der Waals surface area contributed by atoms with Crippen molar-refractivity contribution in [3.8, 4) is 0 Å². The number of pyridine rings is 1. The standard InChI is InChI=1S/C35H34Cl2F6N6O3S/c1-17(2)25-26(53-31-45-32(4,20-6-8-24(37)44-13-20)27(49(25)31)19-5-7-21(36)22(38)11-19)29(51)47-16-34(39,40)12-23(47)28(50)46-15-33(9-10-33)48(14-18(46)3)30(52)35(41,42)43/h5-8,11,13,17-18,23,27H,9-10,12,14-16H2,1-4H3/t18-,23-,27+,32-/m0/s1. The second-order valence-corrected chi connectivity index (χ2v) is 16.6. The molecule has 0 bridgehead atoms. The first kappa shape index (κ1) is 37.8. The SMILES string of the molecule is CC(C)C1=C(C(=O)N2CC(F)(F)C[C@H]2C(=O)N2CC3(CC3)N(C(=O)C(F)(F)F)C[C@@H]2C)SC2=N[C@@](C)(c3ccc(Cl)nc3)[C@@H](c3ccc(Cl)c(F)c3)N21. The Morgan fingerprint density at radius 2 is 1.74 bits per heavy atom. The van der Waals surface area contributed by atoms with Crippen LogP contribution < -0.4 is 0 Å². The van der Waals surface area contributed by atoms with Gasteiger partial charge in [0.2, 0.25) is 5.91 Å². The van der Waals surface area contributed by atoms with Crippen molar-refractivity contribution < 1.29 is 40.7 Å². The summed E-state index contributed by atoms with van der Waals surface area (Å²) in [6.07, 6.45) is -4.10. The van der Waals surface area contributed by atoms with Crippen LogP contribution in [0.1, 0.15) is 64.1 Å². The van der Waals surface area contributed by atoms with Crippen molar-refractivity contribution in [3.63, 3.8) is 0 Å². The van der Waals surface area contributed by atoms with Gasteiger partial charge in [0.1, 0.15) is 27.5 Å². The van der Waals surface area contributed by atoms with Gasteiger partial charge in [-0.1, -0.05) is 49.2 Å².